The van der Waals surface area contributed by atoms with E-state index < -0.39 is 0 Å². The van der Waals surface area contributed by atoms with E-state index in [1.807, 2.05) is 12.1 Å². The summed E-state index contributed by atoms with van der Waals surface area (Å²) in [5, 5.41) is 2.30. The fourth-order valence-corrected chi connectivity index (χ4v) is 13.0. The smallest absolute Gasteiger partial charge is 0.136 e. The fraction of sp³-hybridized carbons (Fsp3) is 0.263. The predicted molar refractivity (Wildman–Crippen MR) is 247 cm³/mol. The lowest BCUT2D eigenvalue weighted by Crippen LogP contribution is -2.54. The zero-order valence-electron chi connectivity index (χ0n) is 35.0. The van der Waals surface area contributed by atoms with Gasteiger partial charge in [-0.2, -0.15) is 0 Å². The molecule has 1 aromatic heterocycles. The Labute approximate surface area is 353 Å². The number of hydrogen-bond acceptors (Lipinski definition) is 3. The van der Waals surface area contributed by atoms with Gasteiger partial charge in [0.15, 0.2) is 0 Å². The van der Waals surface area contributed by atoms with E-state index in [0.29, 0.717) is 5.92 Å². The molecule has 6 atom stereocenters. The molecule has 296 valence electrons. The Morgan fingerprint density at radius 1 is 0.550 bits per heavy atom. The van der Waals surface area contributed by atoms with Crippen molar-refractivity contribution in [3.8, 4) is 33.8 Å². The van der Waals surface area contributed by atoms with Gasteiger partial charge in [0.25, 0.3) is 0 Å². The molecule has 0 radical (unpaired) electrons. The van der Waals surface area contributed by atoms with E-state index in [1.165, 1.54) is 53.5 Å². The molecule has 7 aromatic carbocycles. The van der Waals surface area contributed by atoms with Crippen molar-refractivity contribution in [1.82, 2.24) is 0 Å². The Morgan fingerprint density at radius 3 is 2.10 bits per heavy atom. The summed E-state index contributed by atoms with van der Waals surface area (Å²) >= 11 is 0. The highest BCUT2D eigenvalue weighted by molar-refractivity contribution is 6.06. The minimum Gasteiger partial charge on any atom is -0.457 e. The third-order valence-corrected chi connectivity index (χ3v) is 15.5. The van der Waals surface area contributed by atoms with E-state index in [9.17, 15) is 0 Å². The summed E-state index contributed by atoms with van der Waals surface area (Å²) in [6, 6.07) is 57.6. The third-order valence-electron chi connectivity index (χ3n) is 15.5. The number of furan rings is 1. The van der Waals surface area contributed by atoms with Gasteiger partial charge in [-0.15, -0.1) is 0 Å². The van der Waals surface area contributed by atoms with Crippen molar-refractivity contribution in [3.05, 3.63) is 174 Å². The van der Waals surface area contributed by atoms with Crippen LogP contribution in [0, 0.1) is 29.6 Å². The molecule has 0 saturated heterocycles. The second-order valence-electron chi connectivity index (χ2n) is 19.2. The SMILES string of the molecule is C[C@H]1C[C@@H]2C[C@@H](C)C3(c4ccc(N(c5ccc(-c6ccc7c(c6)oc6ccccc67)cc5)c5ccc6c(c5)C(C)(C)c5ccccc5-6)cc4Oc4ccccc4)C[C@H](C1)C23. The van der Waals surface area contributed by atoms with Crippen molar-refractivity contribution in [2.24, 2.45) is 29.6 Å². The lowest BCUT2D eigenvalue weighted by atomic mass is 9.45. The number of para-hydroxylation sites is 2. The van der Waals surface area contributed by atoms with Crippen LogP contribution >= 0.6 is 0 Å². The van der Waals surface area contributed by atoms with Gasteiger partial charge >= 0.3 is 0 Å². The Balaban J connectivity index is 0.997. The maximum Gasteiger partial charge on any atom is 0.136 e. The highest BCUT2D eigenvalue weighted by Gasteiger charge is 2.66. The largest absolute Gasteiger partial charge is 0.457 e. The highest BCUT2D eigenvalue weighted by atomic mass is 16.5. The molecular formula is C57H51NO2. The molecule has 12 rings (SSSR count). The summed E-state index contributed by atoms with van der Waals surface area (Å²) in [5.41, 5.74) is 14.3. The van der Waals surface area contributed by atoms with Gasteiger partial charge in [-0.1, -0.05) is 119 Å². The second kappa shape index (κ2) is 13.2. The van der Waals surface area contributed by atoms with E-state index in [2.05, 4.69) is 178 Å². The molecule has 4 aliphatic carbocycles. The van der Waals surface area contributed by atoms with Crippen LogP contribution in [0.1, 0.15) is 70.1 Å². The summed E-state index contributed by atoms with van der Waals surface area (Å²) in [4.78, 5) is 2.44. The molecule has 3 heteroatoms. The fourth-order valence-electron chi connectivity index (χ4n) is 13.0. The van der Waals surface area contributed by atoms with Crippen LogP contribution in [0.2, 0.25) is 0 Å². The van der Waals surface area contributed by atoms with Crippen molar-refractivity contribution in [2.45, 2.75) is 64.2 Å². The molecular weight excluding hydrogens is 731 g/mol. The average Bonchev–Trinajstić information content (AvgIpc) is 3.83. The Hall–Kier alpha value is -6.06. The molecule has 0 bridgehead atoms. The standard InChI is InChI=1S/C57H51NO2/c1-35-28-39-30-36(2)57(34-40(29-35)55(39)57)50-27-24-43(33-54(50)59-44-12-6-5-7-13-44)58(42-23-26-46-45-14-8-10-16-49(45)56(3,4)51(46)32-42)41-21-18-37(19-22-41)38-20-25-48-47-15-9-11-17-52(47)60-53(48)31-38/h5-27,31-33,35-36,39-40,55H,28-30,34H2,1-4H3/t35-,36+,39+,40-,55?,57?/m0/s1. The van der Waals surface area contributed by atoms with Crippen LogP contribution in [-0.2, 0) is 10.8 Å². The maximum absolute atomic E-state index is 7.07. The molecule has 3 saturated carbocycles. The molecule has 0 spiro atoms. The molecule has 3 nitrogen and oxygen atoms in total. The van der Waals surface area contributed by atoms with E-state index in [4.69, 9.17) is 9.15 Å². The Kier molecular flexibility index (Phi) is 7.90. The molecule has 1 heterocycles. The van der Waals surface area contributed by atoms with Crippen LogP contribution in [0.4, 0.5) is 17.1 Å². The summed E-state index contributed by atoms with van der Waals surface area (Å²) in [6.45, 7) is 9.75. The van der Waals surface area contributed by atoms with Crippen LogP contribution in [-0.4, -0.2) is 0 Å². The number of nitrogens with zero attached hydrogens (tertiary/aromatic N) is 1. The van der Waals surface area contributed by atoms with Crippen molar-refractivity contribution >= 4 is 39.0 Å². The zero-order valence-corrected chi connectivity index (χ0v) is 35.0. The van der Waals surface area contributed by atoms with Crippen LogP contribution < -0.4 is 9.64 Å². The van der Waals surface area contributed by atoms with Crippen LogP contribution in [0.25, 0.3) is 44.2 Å². The van der Waals surface area contributed by atoms with E-state index in [0.717, 1.165) is 85.3 Å². The quantitative estimate of drug-likeness (QED) is 0.161. The van der Waals surface area contributed by atoms with E-state index in [1.54, 1.807) is 0 Å². The lowest BCUT2D eigenvalue weighted by molar-refractivity contribution is -0.0353. The minimum absolute atomic E-state index is 0.120. The number of fused-ring (bicyclic) bond motifs is 6. The number of rotatable bonds is 7. The Morgan fingerprint density at radius 2 is 1.23 bits per heavy atom. The van der Waals surface area contributed by atoms with Gasteiger partial charge in [0.1, 0.15) is 22.7 Å². The number of hydrogen-bond donors (Lipinski definition) is 0. The van der Waals surface area contributed by atoms with Crippen LogP contribution in [0.5, 0.6) is 11.5 Å². The van der Waals surface area contributed by atoms with Gasteiger partial charge in [-0.25, -0.2) is 0 Å². The van der Waals surface area contributed by atoms with Crippen molar-refractivity contribution in [1.29, 1.82) is 0 Å². The lowest BCUT2D eigenvalue weighted by Gasteiger charge is -2.59. The first kappa shape index (κ1) is 35.8. The van der Waals surface area contributed by atoms with Crippen molar-refractivity contribution in [2.75, 3.05) is 4.90 Å². The second-order valence-corrected chi connectivity index (χ2v) is 19.2. The van der Waals surface area contributed by atoms with Gasteiger partial charge in [0.2, 0.25) is 0 Å². The molecule has 2 unspecified atom stereocenters. The number of anilines is 3. The zero-order chi connectivity index (χ0) is 40.3. The molecule has 0 N–H and O–H groups in total. The van der Waals surface area contributed by atoms with Gasteiger partial charge in [0.05, 0.1) is 0 Å². The molecule has 0 aliphatic heterocycles. The summed E-state index contributed by atoms with van der Waals surface area (Å²) in [6.07, 6.45) is 5.34. The first-order valence-electron chi connectivity index (χ1n) is 22.2. The average molecular weight is 782 g/mol. The van der Waals surface area contributed by atoms with E-state index in [-0.39, 0.29) is 10.8 Å². The molecule has 4 aliphatic rings. The maximum atomic E-state index is 7.07. The summed E-state index contributed by atoms with van der Waals surface area (Å²) in [7, 11) is 0. The van der Waals surface area contributed by atoms with Gasteiger partial charge in [-0.3, -0.25) is 0 Å². The molecule has 3 fully saturated rings. The van der Waals surface area contributed by atoms with Crippen molar-refractivity contribution < 1.29 is 9.15 Å². The molecule has 0 amide bonds. The number of ether oxygens (including phenoxy) is 1. The summed E-state index contributed by atoms with van der Waals surface area (Å²) in [5.74, 6) is 5.73. The first-order valence-corrected chi connectivity index (χ1v) is 22.2. The van der Waals surface area contributed by atoms with Gasteiger partial charge in [0, 0.05) is 50.3 Å². The summed E-state index contributed by atoms with van der Waals surface area (Å²) < 4.78 is 13.4. The number of benzene rings is 7. The monoisotopic (exact) mass is 781 g/mol. The first-order chi connectivity index (χ1) is 29.3. The minimum atomic E-state index is -0.120. The molecule has 8 aromatic rings. The van der Waals surface area contributed by atoms with Crippen LogP contribution in [0.15, 0.2) is 162 Å². The topological polar surface area (TPSA) is 25.6 Å². The normalized spacial score (nSPS) is 24.4. The van der Waals surface area contributed by atoms with Crippen LogP contribution in [0.3, 0.4) is 0 Å². The third kappa shape index (κ3) is 5.27. The molecule has 60 heavy (non-hydrogen) atoms. The van der Waals surface area contributed by atoms with Gasteiger partial charge in [-0.05, 0) is 149 Å². The predicted octanol–water partition coefficient (Wildman–Crippen LogP) is 15.8. The van der Waals surface area contributed by atoms with Gasteiger partial charge < -0.3 is 14.1 Å². The van der Waals surface area contributed by atoms with Crippen molar-refractivity contribution in [3.63, 3.8) is 0 Å². The highest BCUT2D eigenvalue weighted by Crippen LogP contribution is 2.72. The Bertz CT molecular complexity index is 2960. The van der Waals surface area contributed by atoms with E-state index >= 15 is 0 Å².